The van der Waals surface area contributed by atoms with Gasteiger partial charge >= 0.3 is 0 Å². The number of amides is 2. The molecule has 1 aliphatic carbocycles. The second kappa shape index (κ2) is 7.99. The summed E-state index contributed by atoms with van der Waals surface area (Å²) in [6.45, 7) is 4.97. The molecule has 2 heterocycles. The summed E-state index contributed by atoms with van der Waals surface area (Å²) in [5.74, 6) is 1.03. The zero-order chi connectivity index (χ0) is 20.4. The number of carbonyl (C=O) groups excluding carboxylic acids is 2. The minimum absolute atomic E-state index is 0.0935. The Hall–Kier alpha value is -3.28. The molecule has 2 amide bonds. The van der Waals surface area contributed by atoms with Crippen LogP contribution in [0.2, 0.25) is 0 Å². The summed E-state index contributed by atoms with van der Waals surface area (Å²) in [4.78, 5) is 24.5. The number of aromatic nitrogens is 1. The maximum atomic E-state index is 12.7. The first-order valence-corrected chi connectivity index (χ1v) is 9.88. The van der Waals surface area contributed by atoms with Gasteiger partial charge in [0.1, 0.15) is 5.76 Å². The molecule has 6 heteroatoms. The number of anilines is 1. The largest absolute Gasteiger partial charge is 0.467 e. The Balaban J connectivity index is 1.36. The van der Waals surface area contributed by atoms with Crippen LogP contribution in [0.4, 0.5) is 5.69 Å². The van der Waals surface area contributed by atoms with E-state index < -0.39 is 0 Å². The van der Waals surface area contributed by atoms with Gasteiger partial charge in [0.15, 0.2) is 0 Å². The van der Waals surface area contributed by atoms with Crippen molar-refractivity contribution in [3.63, 3.8) is 0 Å². The molecular formula is C23H25N3O3. The number of carbonyl (C=O) groups is 2. The predicted octanol–water partition coefficient (Wildman–Crippen LogP) is 4.02. The summed E-state index contributed by atoms with van der Waals surface area (Å²) in [7, 11) is 0. The van der Waals surface area contributed by atoms with Crippen LogP contribution in [0.5, 0.6) is 0 Å². The first-order valence-electron chi connectivity index (χ1n) is 9.88. The number of rotatable bonds is 7. The SMILES string of the molecule is Cc1cc(C(=O)NCc2ccc(NC(=O)C3CC3)cc2)c(C)n1Cc1ccco1. The highest BCUT2D eigenvalue weighted by Gasteiger charge is 2.29. The average Bonchev–Trinajstić information content (AvgIpc) is 3.38. The molecule has 2 N–H and O–H groups in total. The Morgan fingerprint density at radius 3 is 2.55 bits per heavy atom. The zero-order valence-electron chi connectivity index (χ0n) is 16.7. The van der Waals surface area contributed by atoms with E-state index in [4.69, 9.17) is 4.42 Å². The Bertz CT molecular complexity index is 1010. The lowest BCUT2D eigenvalue weighted by atomic mass is 10.2. The van der Waals surface area contributed by atoms with Crippen molar-refractivity contribution >= 4 is 17.5 Å². The first kappa shape index (κ1) is 19.1. The molecule has 6 nitrogen and oxygen atoms in total. The fraction of sp³-hybridized carbons (Fsp3) is 0.304. The zero-order valence-corrected chi connectivity index (χ0v) is 16.7. The molecule has 0 spiro atoms. The molecule has 150 valence electrons. The lowest BCUT2D eigenvalue weighted by Crippen LogP contribution is -2.23. The van der Waals surface area contributed by atoms with Gasteiger partial charge in [-0.15, -0.1) is 0 Å². The molecule has 1 saturated carbocycles. The number of benzene rings is 1. The van der Waals surface area contributed by atoms with E-state index in [2.05, 4.69) is 15.2 Å². The van der Waals surface area contributed by atoms with Crippen molar-refractivity contribution in [1.82, 2.24) is 9.88 Å². The van der Waals surface area contributed by atoms with Crippen molar-refractivity contribution in [1.29, 1.82) is 0 Å². The fourth-order valence-electron chi connectivity index (χ4n) is 3.41. The van der Waals surface area contributed by atoms with Crippen LogP contribution in [0.25, 0.3) is 0 Å². The van der Waals surface area contributed by atoms with Gasteiger partial charge < -0.3 is 19.6 Å². The Labute approximate surface area is 169 Å². The van der Waals surface area contributed by atoms with Gasteiger partial charge in [-0.1, -0.05) is 12.1 Å². The number of nitrogens with zero attached hydrogens (tertiary/aromatic N) is 1. The molecule has 0 aliphatic heterocycles. The fourth-order valence-corrected chi connectivity index (χ4v) is 3.41. The topological polar surface area (TPSA) is 76.3 Å². The van der Waals surface area contributed by atoms with Crippen LogP contribution in [0, 0.1) is 19.8 Å². The van der Waals surface area contributed by atoms with Gasteiger partial charge in [-0.05, 0) is 62.6 Å². The van der Waals surface area contributed by atoms with E-state index in [1.54, 1.807) is 6.26 Å². The third kappa shape index (κ3) is 4.42. The number of nitrogens with one attached hydrogen (secondary N) is 2. The van der Waals surface area contributed by atoms with E-state index in [9.17, 15) is 9.59 Å². The number of aryl methyl sites for hydroxylation is 1. The standard InChI is InChI=1S/C23H25N3O3/c1-15-12-21(16(2)26(15)14-20-4-3-11-29-20)23(28)24-13-17-5-9-19(10-6-17)25-22(27)18-7-8-18/h3-6,9-12,18H,7-8,13-14H2,1-2H3,(H,24,28)(H,25,27). The average molecular weight is 391 g/mol. The predicted molar refractivity (Wildman–Crippen MR) is 111 cm³/mol. The molecule has 2 aromatic heterocycles. The van der Waals surface area contributed by atoms with Gasteiger partial charge in [-0.25, -0.2) is 0 Å². The van der Waals surface area contributed by atoms with Crippen molar-refractivity contribution in [2.75, 3.05) is 5.32 Å². The van der Waals surface area contributed by atoms with Gasteiger partial charge in [-0.3, -0.25) is 9.59 Å². The molecule has 0 saturated heterocycles. The van der Waals surface area contributed by atoms with E-state index in [0.29, 0.717) is 18.7 Å². The second-order valence-corrected chi connectivity index (χ2v) is 7.59. The van der Waals surface area contributed by atoms with Crippen LogP contribution in [0.3, 0.4) is 0 Å². The van der Waals surface area contributed by atoms with Crippen molar-refractivity contribution in [3.05, 3.63) is 77.0 Å². The first-order chi connectivity index (χ1) is 14.0. The summed E-state index contributed by atoms with van der Waals surface area (Å²) in [5.41, 5.74) is 4.36. The van der Waals surface area contributed by atoms with Crippen molar-refractivity contribution in [3.8, 4) is 0 Å². The highest BCUT2D eigenvalue weighted by molar-refractivity contribution is 5.96. The van der Waals surface area contributed by atoms with Crippen LogP contribution in [0.15, 0.2) is 53.1 Å². The van der Waals surface area contributed by atoms with E-state index in [-0.39, 0.29) is 17.7 Å². The smallest absolute Gasteiger partial charge is 0.253 e. The molecule has 1 fully saturated rings. The number of hydrogen-bond donors (Lipinski definition) is 2. The molecule has 1 aromatic carbocycles. The molecular weight excluding hydrogens is 366 g/mol. The Morgan fingerprint density at radius 2 is 1.90 bits per heavy atom. The van der Waals surface area contributed by atoms with E-state index in [0.717, 1.165) is 41.2 Å². The van der Waals surface area contributed by atoms with Crippen LogP contribution < -0.4 is 10.6 Å². The van der Waals surface area contributed by atoms with Crippen molar-refractivity contribution in [2.24, 2.45) is 5.92 Å². The van der Waals surface area contributed by atoms with Crippen molar-refractivity contribution in [2.45, 2.75) is 39.8 Å². The minimum Gasteiger partial charge on any atom is -0.467 e. The lowest BCUT2D eigenvalue weighted by molar-refractivity contribution is -0.117. The van der Waals surface area contributed by atoms with Gasteiger partial charge in [0.05, 0.1) is 18.4 Å². The maximum Gasteiger partial charge on any atom is 0.253 e. The van der Waals surface area contributed by atoms with Gasteiger partial charge in [0, 0.05) is 29.5 Å². The van der Waals surface area contributed by atoms with Gasteiger partial charge in [0.25, 0.3) is 5.91 Å². The third-order valence-electron chi connectivity index (χ3n) is 5.34. The molecule has 3 aromatic rings. The number of hydrogen-bond acceptors (Lipinski definition) is 3. The summed E-state index contributed by atoms with van der Waals surface area (Å²) >= 11 is 0. The highest BCUT2D eigenvalue weighted by atomic mass is 16.3. The van der Waals surface area contributed by atoms with Crippen molar-refractivity contribution < 1.29 is 14.0 Å². The molecule has 29 heavy (non-hydrogen) atoms. The monoisotopic (exact) mass is 391 g/mol. The maximum absolute atomic E-state index is 12.7. The van der Waals surface area contributed by atoms with E-state index >= 15 is 0 Å². The lowest BCUT2D eigenvalue weighted by Gasteiger charge is -2.09. The molecule has 4 rings (SSSR count). The summed E-state index contributed by atoms with van der Waals surface area (Å²) < 4.78 is 7.50. The number of furan rings is 1. The second-order valence-electron chi connectivity index (χ2n) is 7.59. The van der Waals surface area contributed by atoms with Crippen LogP contribution >= 0.6 is 0 Å². The molecule has 0 radical (unpaired) electrons. The van der Waals surface area contributed by atoms with Crippen LogP contribution in [-0.2, 0) is 17.9 Å². The van der Waals surface area contributed by atoms with E-state index in [1.807, 2.05) is 56.3 Å². The van der Waals surface area contributed by atoms with Crippen LogP contribution in [-0.4, -0.2) is 16.4 Å². The molecule has 0 bridgehead atoms. The van der Waals surface area contributed by atoms with E-state index in [1.165, 1.54) is 0 Å². The third-order valence-corrected chi connectivity index (χ3v) is 5.34. The van der Waals surface area contributed by atoms with Gasteiger partial charge in [0.2, 0.25) is 5.91 Å². The highest BCUT2D eigenvalue weighted by Crippen LogP contribution is 2.30. The molecule has 0 atom stereocenters. The summed E-state index contributed by atoms with van der Waals surface area (Å²) in [6.07, 6.45) is 3.62. The molecule has 1 aliphatic rings. The van der Waals surface area contributed by atoms with Crippen LogP contribution in [0.1, 0.15) is 45.9 Å². The summed E-state index contributed by atoms with van der Waals surface area (Å²) in [6, 6.07) is 13.3. The van der Waals surface area contributed by atoms with Gasteiger partial charge in [-0.2, -0.15) is 0 Å². The normalized spacial score (nSPS) is 13.3. The minimum atomic E-state index is -0.102. The summed E-state index contributed by atoms with van der Waals surface area (Å²) in [5, 5.41) is 5.90. The molecule has 0 unspecified atom stereocenters. The Morgan fingerprint density at radius 1 is 1.14 bits per heavy atom. The Kier molecular flexibility index (Phi) is 5.25. The quantitative estimate of drug-likeness (QED) is 0.639.